The first kappa shape index (κ1) is 51.9. The van der Waals surface area contributed by atoms with Crippen LogP contribution in [0.5, 0.6) is 0 Å². The summed E-state index contributed by atoms with van der Waals surface area (Å²) in [4.78, 5) is 13.0. The normalized spacial score (nSPS) is 21.6. The van der Waals surface area contributed by atoms with Gasteiger partial charge < -0.3 is 35.2 Å². The van der Waals surface area contributed by atoms with Gasteiger partial charge in [0.15, 0.2) is 6.29 Å². The number of carbonyl (C=O) groups is 1. The Bertz CT molecular complexity index is 1050. The second-order valence-corrected chi connectivity index (χ2v) is 16.7. The molecule has 1 amide bonds. The Morgan fingerprint density at radius 1 is 0.709 bits per heavy atom. The molecule has 1 aliphatic heterocycles. The summed E-state index contributed by atoms with van der Waals surface area (Å²) in [5.74, 6) is -0.239. The molecule has 1 rings (SSSR count). The molecule has 0 saturated carbocycles. The Balaban J connectivity index is 2.49. The average Bonchev–Trinajstić information content (AvgIpc) is 3.15. The first-order chi connectivity index (χ1) is 26.5. The van der Waals surface area contributed by atoms with Gasteiger partial charge in [-0.15, -0.1) is 0 Å². The molecule has 0 spiro atoms. The standard InChI is InChI=1S/C42H81NO11S/c1-3-5-7-9-11-13-15-16-17-18-19-20-21-22-24-26-28-30-32-38(46)43-35(36(45)31-29-27-25-23-14-12-10-8-6-4-2)34-52-42-40(48)41(54-55(49,50)51)39(47)37(33-44)53-42/h19-20,35-37,39-42,44-45,47-48H,3-18,21-34H2,1-2H3,(H,43,46)(H,49,50,51)/b20-19-. The molecule has 0 aliphatic carbocycles. The van der Waals surface area contributed by atoms with Gasteiger partial charge >= 0.3 is 10.4 Å². The van der Waals surface area contributed by atoms with Gasteiger partial charge in [-0.25, -0.2) is 4.18 Å². The molecule has 7 unspecified atom stereocenters. The maximum atomic E-state index is 13.0. The van der Waals surface area contributed by atoms with Crippen LogP contribution in [0.4, 0.5) is 0 Å². The molecule has 1 aliphatic rings. The van der Waals surface area contributed by atoms with Crippen molar-refractivity contribution in [3.63, 3.8) is 0 Å². The third-order valence-electron chi connectivity index (χ3n) is 10.6. The van der Waals surface area contributed by atoms with E-state index in [9.17, 15) is 33.6 Å². The molecule has 0 bridgehead atoms. The van der Waals surface area contributed by atoms with E-state index in [0.717, 1.165) is 64.2 Å². The van der Waals surface area contributed by atoms with E-state index in [1.807, 2.05) is 0 Å². The van der Waals surface area contributed by atoms with Crippen molar-refractivity contribution >= 4 is 16.3 Å². The molecular weight excluding hydrogens is 727 g/mol. The van der Waals surface area contributed by atoms with Crippen LogP contribution < -0.4 is 5.32 Å². The van der Waals surface area contributed by atoms with Crippen LogP contribution in [0.3, 0.4) is 0 Å². The van der Waals surface area contributed by atoms with Gasteiger partial charge in [-0.2, -0.15) is 8.42 Å². The number of ether oxygens (including phenoxy) is 2. The second-order valence-electron chi connectivity index (χ2n) is 15.6. The largest absolute Gasteiger partial charge is 0.397 e. The average molecular weight is 808 g/mol. The van der Waals surface area contributed by atoms with Crippen molar-refractivity contribution in [3.8, 4) is 0 Å². The summed E-state index contributed by atoms with van der Waals surface area (Å²) in [5.41, 5.74) is 0. The summed E-state index contributed by atoms with van der Waals surface area (Å²) in [7, 11) is -5.07. The molecule has 1 saturated heterocycles. The van der Waals surface area contributed by atoms with Crippen molar-refractivity contribution in [2.45, 2.75) is 236 Å². The third kappa shape index (κ3) is 27.2. The van der Waals surface area contributed by atoms with E-state index < -0.39 is 59.9 Å². The number of hydrogen-bond acceptors (Lipinski definition) is 10. The maximum Gasteiger partial charge on any atom is 0.397 e. The summed E-state index contributed by atoms with van der Waals surface area (Å²) >= 11 is 0. The molecule has 55 heavy (non-hydrogen) atoms. The van der Waals surface area contributed by atoms with Gasteiger partial charge in [-0.3, -0.25) is 9.35 Å². The van der Waals surface area contributed by atoms with Crippen LogP contribution >= 0.6 is 0 Å². The van der Waals surface area contributed by atoms with E-state index in [1.165, 1.54) is 96.3 Å². The molecule has 0 aromatic carbocycles. The summed E-state index contributed by atoms with van der Waals surface area (Å²) in [6.07, 6.45) is 26.5. The number of allylic oxidation sites excluding steroid dienone is 2. The monoisotopic (exact) mass is 808 g/mol. The summed E-state index contributed by atoms with van der Waals surface area (Å²) < 4.78 is 47.5. The SMILES string of the molecule is CCCCCCCCCCC/C=C\CCCCCCCC(=O)NC(COC1OC(CO)C(O)C(OS(=O)(=O)O)C1O)C(O)CCCCCCCCCCCC. The van der Waals surface area contributed by atoms with Gasteiger partial charge in [0.2, 0.25) is 5.91 Å². The smallest absolute Gasteiger partial charge is 0.394 e. The highest BCUT2D eigenvalue weighted by Crippen LogP contribution is 2.26. The van der Waals surface area contributed by atoms with E-state index in [4.69, 9.17) is 14.0 Å². The van der Waals surface area contributed by atoms with E-state index in [2.05, 4.69) is 35.5 Å². The lowest BCUT2D eigenvalue weighted by molar-refractivity contribution is -0.298. The van der Waals surface area contributed by atoms with E-state index >= 15 is 0 Å². The van der Waals surface area contributed by atoms with Crippen molar-refractivity contribution in [2.24, 2.45) is 0 Å². The summed E-state index contributed by atoms with van der Waals surface area (Å²) in [5, 5.41) is 44.7. The number of rotatable bonds is 37. The van der Waals surface area contributed by atoms with Gasteiger partial charge in [0.1, 0.15) is 24.4 Å². The van der Waals surface area contributed by atoms with Crippen LogP contribution in [-0.2, 0) is 28.9 Å². The van der Waals surface area contributed by atoms with Gasteiger partial charge in [0.25, 0.3) is 0 Å². The van der Waals surface area contributed by atoms with Crippen LogP contribution in [0.2, 0.25) is 0 Å². The highest BCUT2D eigenvalue weighted by Gasteiger charge is 2.48. The van der Waals surface area contributed by atoms with Crippen LogP contribution in [-0.4, -0.2) is 95.4 Å². The predicted octanol–water partition coefficient (Wildman–Crippen LogP) is 7.99. The number of nitrogens with one attached hydrogen (secondary N) is 1. The molecule has 326 valence electrons. The lowest BCUT2D eigenvalue weighted by Gasteiger charge is -2.41. The molecule has 7 atom stereocenters. The molecule has 13 heteroatoms. The third-order valence-corrected chi connectivity index (χ3v) is 11.0. The fraction of sp³-hybridized carbons (Fsp3) is 0.929. The summed E-state index contributed by atoms with van der Waals surface area (Å²) in [6, 6.07) is -0.857. The fourth-order valence-corrected chi connectivity index (χ4v) is 7.61. The molecule has 0 aromatic rings. The van der Waals surface area contributed by atoms with Gasteiger partial charge in [0.05, 0.1) is 25.4 Å². The first-order valence-electron chi connectivity index (χ1n) is 22.1. The lowest BCUT2D eigenvalue weighted by atomic mass is 9.99. The topological polar surface area (TPSA) is 192 Å². The lowest BCUT2D eigenvalue weighted by Crippen LogP contribution is -2.61. The number of amides is 1. The van der Waals surface area contributed by atoms with E-state index in [1.54, 1.807) is 0 Å². The molecule has 1 fully saturated rings. The zero-order chi connectivity index (χ0) is 40.6. The zero-order valence-electron chi connectivity index (χ0n) is 34.5. The van der Waals surface area contributed by atoms with Gasteiger partial charge in [-0.1, -0.05) is 161 Å². The fourth-order valence-electron chi connectivity index (χ4n) is 7.10. The number of aliphatic hydroxyl groups excluding tert-OH is 4. The van der Waals surface area contributed by atoms with Crippen LogP contribution in [0.25, 0.3) is 0 Å². The molecule has 0 radical (unpaired) electrons. The van der Waals surface area contributed by atoms with Crippen molar-refractivity contribution in [1.82, 2.24) is 5.32 Å². The van der Waals surface area contributed by atoms with Crippen molar-refractivity contribution in [3.05, 3.63) is 12.2 Å². The van der Waals surface area contributed by atoms with Gasteiger partial charge in [-0.05, 0) is 38.5 Å². The minimum Gasteiger partial charge on any atom is -0.394 e. The Hall–Kier alpha value is -1.16. The van der Waals surface area contributed by atoms with E-state index in [-0.39, 0.29) is 18.9 Å². The van der Waals surface area contributed by atoms with Crippen molar-refractivity contribution in [1.29, 1.82) is 0 Å². The van der Waals surface area contributed by atoms with Crippen LogP contribution in [0.15, 0.2) is 12.2 Å². The summed E-state index contributed by atoms with van der Waals surface area (Å²) in [6.45, 7) is 3.41. The number of aliphatic hydroxyl groups is 4. The van der Waals surface area contributed by atoms with Crippen molar-refractivity contribution in [2.75, 3.05) is 13.2 Å². The quantitative estimate of drug-likeness (QED) is 0.0203. The van der Waals surface area contributed by atoms with E-state index in [0.29, 0.717) is 12.8 Å². The molecule has 12 nitrogen and oxygen atoms in total. The number of carbonyl (C=O) groups excluding carboxylic acids is 1. The highest BCUT2D eigenvalue weighted by atomic mass is 32.3. The highest BCUT2D eigenvalue weighted by molar-refractivity contribution is 7.80. The first-order valence-corrected chi connectivity index (χ1v) is 23.4. The molecular formula is C42H81NO11S. The van der Waals surface area contributed by atoms with Gasteiger partial charge in [0, 0.05) is 6.42 Å². The zero-order valence-corrected chi connectivity index (χ0v) is 35.3. The Morgan fingerprint density at radius 2 is 1.16 bits per heavy atom. The maximum absolute atomic E-state index is 13.0. The van der Waals surface area contributed by atoms with Crippen LogP contribution in [0, 0.1) is 0 Å². The number of unbranched alkanes of at least 4 members (excludes halogenated alkanes) is 23. The Kier molecular flexibility index (Phi) is 31.8. The van der Waals surface area contributed by atoms with Crippen LogP contribution in [0.1, 0.15) is 194 Å². The minimum absolute atomic E-state index is 0.239. The Labute approximate surface area is 334 Å². The molecule has 1 heterocycles. The van der Waals surface area contributed by atoms with Crippen molar-refractivity contribution < 1.29 is 51.8 Å². The molecule has 0 aromatic heterocycles. The number of hydrogen-bond donors (Lipinski definition) is 6. The molecule has 6 N–H and O–H groups in total. The Morgan fingerprint density at radius 3 is 1.64 bits per heavy atom. The minimum atomic E-state index is -5.07. The predicted molar refractivity (Wildman–Crippen MR) is 218 cm³/mol. The second kappa shape index (κ2) is 33.8.